The summed E-state index contributed by atoms with van der Waals surface area (Å²) < 4.78 is 15.5. The average molecular weight is 263 g/mol. The average Bonchev–Trinajstić information content (AvgIpc) is 2.77. The lowest BCUT2D eigenvalue weighted by Crippen LogP contribution is -2.15. The fourth-order valence-corrected chi connectivity index (χ4v) is 1.72. The van der Waals surface area contributed by atoms with Gasteiger partial charge in [-0.1, -0.05) is 20.8 Å². The SMILES string of the molecule is CC(C)C(C)Cn1nnnc1-c1ccc(N)cc1F. The Morgan fingerprint density at radius 3 is 2.68 bits per heavy atom. The smallest absolute Gasteiger partial charge is 0.184 e. The van der Waals surface area contributed by atoms with Gasteiger partial charge in [0.25, 0.3) is 0 Å². The second kappa shape index (κ2) is 5.34. The first-order valence-electron chi connectivity index (χ1n) is 6.30. The van der Waals surface area contributed by atoms with Crippen molar-refractivity contribution in [1.29, 1.82) is 0 Å². The van der Waals surface area contributed by atoms with Crippen molar-refractivity contribution >= 4 is 5.69 Å². The van der Waals surface area contributed by atoms with E-state index in [1.54, 1.807) is 16.8 Å². The summed E-state index contributed by atoms with van der Waals surface area (Å²) in [6, 6.07) is 4.52. The number of hydrogen-bond donors (Lipinski definition) is 1. The number of anilines is 1. The van der Waals surface area contributed by atoms with Gasteiger partial charge in [0.15, 0.2) is 5.82 Å². The van der Waals surface area contributed by atoms with Gasteiger partial charge in [-0.05, 0) is 40.5 Å². The van der Waals surface area contributed by atoms with E-state index in [4.69, 9.17) is 5.73 Å². The second-order valence-corrected chi connectivity index (χ2v) is 5.15. The molecule has 5 nitrogen and oxygen atoms in total. The van der Waals surface area contributed by atoms with Crippen LogP contribution in [0.2, 0.25) is 0 Å². The normalized spacial score (nSPS) is 12.9. The molecule has 102 valence electrons. The highest BCUT2D eigenvalue weighted by atomic mass is 19.1. The molecular weight excluding hydrogens is 245 g/mol. The third kappa shape index (κ3) is 2.89. The maximum absolute atomic E-state index is 13.9. The Morgan fingerprint density at radius 2 is 2.05 bits per heavy atom. The van der Waals surface area contributed by atoms with Crippen molar-refractivity contribution in [3.63, 3.8) is 0 Å². The van der Waals surface area contributed by atoms with E-state index in [2.05, 4.69) is 36.3 Å². The summed E-state index contributed by atoms with van der Waals surface area (Å²) in [5.41, 5.74) is 6.30. The Kier molecular flexibility index (Phi) is 3.78. The summed E-state index contributed by atoms with van der Waals surface area (Å²) in [5.74, 6) is 0.936. The first-order chi connectivity index (χ1) is 8.99. The molecule has 1 aromatic carbocycles. The van der Waals surface area contributed by atoms with Crippen LogP contribution in [-0.2, 0) is 6.54 Å². The van der Waals surface area contributed by atoms with Gasteiger partial charge in [-0.2, -0.15) is 0 Å². The Morgan fingerprint density at radius 1 is 1.32 bits per heavy atom. The molecule has 1 atom stereocenters. The molecule has 0 radical (unpaired) electrons. The summed E-state index contributed by atoms with van der Waals surface area (Å²) in [5, 5.41) is 11.5. The van der Waals surface area contributed by atoms with Crippen LogP contribution < -0.4 is 5.73 Å². The molecular formula is C13H18FN5. The van der Waals surface area contributed by atoms with E-state index in [1.165, 1.54) is 6.07 Å². The Hall–Kier alpha value is -1.98. The van der Waals surface area contributed by atoms with Gasteiger partial charge in [0.2, 0.25) is 0 Å². The topological polar surface area (TPSA) is 69.6 Å². The van der Waals surface area contributed by atoms with Crippen LogP contribution in [0.3, 0.4) is 0 Å². The zero-order valence-electron chi connectivity index (χ0n) is 11.3. The van der Waals surface area contributed by atoms with Gasteiger partial charge in [0.05, 0.1) is 5.56 Å². The first-order valence-corrected chi connectivity index (χ1v) is 6.30. The predicted octanol–water partition coefficient (Wildman–Crippen LogP) is 2.35. The number of aromatic nitrogens is 4. The van der Waals surface area contributed by atoms with Crippen molar-refractivity contribution in [2.45, 2.75) is 27.3 Å². The van der Waals surface area contributed by atoms with Gasteiger partial charge < -0.3 is 5.73 Å². The van der Waals surface area contributed by atoms with Crippen LogP contribution in [0, 0.1) is 17.7 Å². The molecule has 2 aromatic rings. The minimum Gasteiger partial charge on any atom is -0.399 e. The molecule has 6 heteroatoms. The molecule has 1 heterocycles. The standard InChI is InChI=1S/C13H18FN5/c1-8(2)9(3)7-19-13(16-17-18-19)11-5-4-10(15)6-12(11)14/h4-6,8-9H,7,15H2,1-3H3. The molecule has 19 heavy (non-hydrogen) atoms. The van der Waals surface area contributed by atoms with Crippen LogP contribution in [0.15, 0.2) is 18.2 Å². The van der Waals surface area contributed by atoms with Gasteiger partial charge in [-0.3, -0.25) is 0 Å². The number of hydrogen-bond acceptors (Lipinski definition) is 4. The summed E-state index contributed by atoms with van der Waals surface area (Å²) >= 11 is 0. The summed E-state index contributed by atoms with van der Waals surface area (Å²) in [6.45, 7) is 7.05. The van der Waals surface area contributed by atoms with Gasteiger partial charge in [-0.25, -0.2) is 9.07 Å². The molecule has 0 fully saturated rings. The lowest BCUT2D eigenvalue weighted by molar-refractivity contribution is 0.347. The molecule has 0 bridgehead atoms. The van der Waals surface area contributed by atoms with Gasteiger partial charge in [0.1, 0.15) is 5.82 Å². The van der Waals surface area contributed by atoms with Crippen molar-refractivity contribution in [3.05, 3.63) is 24.0 Å². The number of benzene rings is 1. The van der Waals surface area contributed by atoms with Crippen LogP contribution in [-0.4, -0.2) is 20.2 Å². The highest BCUT2D eigenvalue weighted by Crippen LogP contribution is 2.23. The van der Waals surface area contributed by atoms with Crippen molar-refractivity contribution in [2.24, 2.45) is 11.8 Å². The molecule has 0 amide bonds. The minimum absolute atomic E-state index is 0.371. The molecule has 0 aliphatic carbocycles. The van der Waals surface area contributed by atoms with E-state index < -0.39 is 5.82 Å². The number of nitrogens with two attached hydrogens (primary N) is 1. The Balaban J connectivity index is 2.33. The molecule has 0 saturated carbocycles. The molecule has 1 aromatic heterocycles. The third-order valence-corrected chi connectivity index (χ3v) is 3.36. The van der Waals surface area contributed by atoms with Crippen LogP contribution in [0.25, 0.3) is 11.4 Å². The Bertz CT molecular complexity index is 564. The first kappa shape index (κ1) is 13.5. The zero-order valence-corrected chi connectivity index (χ0v) is 11.3. The minimum atomic E-state index is -0.409. The van der Waals surface area contributed by atoms with Gasteiger partial charge >= 0.3 is 0 Å². The number of tetrazole rings is 1. The fourth-order valence-electron chi connectivity index (χ4n) is 1.72. The van der Waals surface area contributed by atoms with E-state index in [1.807, 2.05) is 0 Å². The number of halogens is 1. The lowest BCUT2D eigenvalue weighted by Gasteiger charge is -2.15. The van der Waals surface area contributed by atoms with Crippen LogP contribution in [0.5, 0.6) is 0 Å². The molecule has 0 aliphatic rings. The zero-order chi connectivity index (χ0) is 14.0. The van der Waals surface area contributed by atoms with E-state index in [-0.39, 0.29) is 0 Å². The van der Waals surface area contributed by atoms with Crippen molar-refractivity contribution in [1.82, 2.24) is 20.2 Å². The molecule has 2 rings (SSSR count). The van der Waals surface area contributed by atoms with E-state index in [0.29, 0.717) is 35.5 Å². The van der Waals surface area contributed by atoms with Crippen molar-refractivity contribution < 1.29 is 4.39 Å². The Labute approximate surface area is 111 Å². The summed E-state index contributed by atoms with van der Waals surface area (Å²) in [4.78, 5) is 0. The highest BCUT2D eigenvalue weighted by Gasteiger charge is 2.16. The lowest BCUT2D eigenvalue weighted by atomic mass is 9.98. The molecule has 2 N–H and O–H groups in total. The fraction of sp³-hybridized carbons (Fsp3) is 0.462. The predicted molar refractivity (Wildman–Crippen MR) is 71.6 cm³/mol. The second-order valence-electron chi connectivity index (χ2n) is 5.15. The molecule has 0 saturated heterocycles. The highest BCUT2D eigenvalue weighted by molar-refractivity contribution is 5.59. The van der Waals surface area contributed by atoms with Crippen LogP contribution in [0.4, 0.5) is 10.1 Å². The summed E-state index contributed by atoms with van der Waals surface area (Å²) in [6.07, 6.45) is 0. The maximum atomic E-state index is 13.9. The number of nitrogen functional groups attached to an aromatic ring is 1. The van der Waals surface area contributed by atoms with E-state index >= 15 is 0 Å². The van der Waals surface area contributed by atoms with Gasteiger partial charge in [-0.15, -0.1) is 5.10 Å². The van der Waals surface area contributed by atoms with E-state index in [0.717, 1.165) is 0 Å². The molecule has 0 aliphatic heterocycles. The van der Waals surface area contributed by atoms with Crippen LogP contribution >= 0.6 is 0 Å². The van der Waals surface area contributed by atoms with Crippen molar-refractivity contribution in [2.75, 3.05) is 5.73 Å². The van der Waals surface area contributed by atoms with Crippen molar-refractivity contribution in [3.8, 4) is 11.4 Å². The number of nitrogens with zero attached hydrogens (tertiary/aromatic N) is 4. The number of rotatable bonds is 4. The monoisotopic (exact) mass is 263 g/mol. The molecule has 1 unspecified atom stereocenters. The molecule has 0 spiro atoms. The summed E-state index contributed by atoms with van der Waals surface area (Å²) in [7, 11) is 0. The van der Waals surface area contributed by atoms with Crippen LogP contribution in [0.1, 0.15) is 20.8 Å². The quantitative estimate of drug-likeness (QED) is 0.860. The third-order valence-electron chi connectivity index (χ3n) is 3.36. The van der Waals surface area contributed by atoms with Gasteiger partial charge in [0, 0.05) is 12.2 Å². The largest absolute Gasteiger partial charge is 0.399 e. The maximum Gasteiger partial charge on any atom is 0.184 e. The van der Waals surface area contributed by atoms with E-state index in [9.17, 15) is 4.39 Å².